The van der Waals surface area contributed by atoms with E-state index in [9.17, 15) is 9.90 Å². The maximum absolute atomic E-state index is 11.7. The van der Waals surface area contributed by atoms with Crippen LogP contribution in [0.15, 0.2) is 42.5 Å². The average molecular weight is 342 g/mol. The van der Waals surface area contributed by atoms with Gasteiger partial charge in [-0.05, 0) is 11.5 Å². The number of hydrogen-bond donors (Lipinski definition) is 3. The molecular weight excluding hydrogens is 316 g/mol. The second kappa shape index (κ2) is 7.57. The van der Waals surface area contributed by atoms with Crippen molar-refractivity contribution in [1.29, 1.82) is 0 Å². The van der Waals surface area contributed by atoms with E-state index >= 15 is 0 Å². The van der Waals surface area contributed by atoms with Crippen LogP contribution in [0.2, 0.25) is 0 Å². The monoisotopic (exact) mass is 342 g/mol. The van der Waals surface area contributed by atoms with Gasteiger partial charge < -0.3 is 20.9 Å². The molecule has 0 fully saturated rings. The van der Waals surface area contributed by atoms with Crippen LogP contribution in [0.3, 0.4) is 0 Å². The summed E-state index contributed by atoms with van der Waals surface area (Å²) in [4.78, 5) is 11.7. The Morgan fingerprint density at radius 2 is 1.80 bits per heavy atom. The summed E-state index contributed by atoms with van der Waals surface area (Å²) < 4.78 is 5.38. The van der Waals surface area contributed by atoms with Crippen molar-refractivity contribution in [1.82, 2.24) is 5.32 Å². The van der Waals surface area contributed by atoms with Gasteiger partial charge in [0.05, 0.1) is 13.2 Å². The van der Waals surface area contributed by atoms with Crippen molar-refractivity contribution >= 4 is 5.91 Å². The van der Waals surface area contributed by atoms with Crippen LogP contribution in [0.5, 0.6) is 11.5 Å². The third kappa shape index (κ3) is 4.31. The molecule has 25 heavy (non-hydrogen) atoms. The molecule has 0 aliphatic carbocycles. The Labute approximate surface area is 148 Å². The molecule has 1 amide bonds. The molecule has 0 aliphatic heterocycles. The molecule has 1 unspecified atom stereocenters. The Balaban J connectivity index is 2.31. The molecule has 0 aliphatic rings. The van der Waals surface area contributed by atoms with Crippen LogP contribution < -0.4 is 15.8 Å². The highest BCUT2D eigenvalue weighted by molar-refractivity contribution is 5.81. The lowest BCUT2D eigenvalue weighted by molar-refractivity contribution is -0.122. The van der Waals surface area contributed by atoms with Gasteiger partial charge in [-0.25, -0.2) is 0 Å². The Morgan fingerprint density at radius 1 is 1.16 bits per heavy atom. The SMILES string of the molecule is COc1ccccc1-c1cccc(CNC(C(N)=O)C(C)(C)C)c1O. The second-order valence-corrected chi connectivity index (χ2v) is 7.10. The number of rotatable bonds is 6. The highest BCUT2D eigenvalue weighted by atomic mass is 16.5. The molecule has 2 rings (SSSR count). The molecule has 5 nitrogen and oxygen atoms in total. The van der Waals surface area contributed by atoms with Gasteiger partial charge in [-0.2, -0.15) is 0 Å². The minimum absolute atomic E-state index is 0.164. The smallest absolute Gasteiger partial charge is 0.235 e. The normalized spacial score (nSPS) is 12.6. The van der Waals surface area contributed by atoms with Crippen LogP contribution in [0.25, 0.3) is 11.1 Å². The lowest BCUT2D eigenvalue weighted by Gasteiger charge is -2.29. The zero-order chi connectivity index (χ0) is 18.6. The number of carbonyl (C=O) groups is 1. The Kier molecular flexibility index (Phi) is 5.69. The first-order chi connectivity index (χ1) is 11.8. The van der Waals surface area contributed by atoms with E-state index in [1.165, 1.54) is 0 Å². The van der Waals surface area contributed by atoms with Crippen LogP contribution in [-0.2, 0) is 11.3 Å². The summed E-state index contributed by atoms with van der Waals surface area (Å²) in [7, 11) is 1.60. The van der Waals surface area contributed by atoms with E-state index in [1.807, 2.05) is 63.2 Å². The molecule has 0 spiro atoms. The zero-order valence-electron chi connectivity index (χ0n) is 15.2. The van der Waals surface area contributed by atoms with E-state index in [-0.39, 0.29) is 11.2 Å². The predicted octanol–water partition coefficient (Wildman–Crippen LogP) is 3.06. The standard InChI is InChI=1S/C20H26N2O3/c1-20(2,3)18(19(21)24)22-12-13-8-7-10-15(17(13)23)14-9-5-6-11-16(14)25-4/h5-11,18,22-23H,12H2,1-4H3,(H2,21,24). The van der Waals surface area contributed by atoms with Gasteiger partial charge in [0.25, 0.3) is 0 Å². The number of ether oxygens (including phenoxy) is 1. The van der Waals surface area contributed by atoms with Crippen molar-refractivity contribution in [2.75, 3.05) is 7.11 Å². The first kappa shape index (κ1) is 18.8. The number of primary amides is 1. The number of amides is 1. The molecule has 0 radical (unpaired) electrons. The topological polar surface area (TPSA) is 84.6 Å². The van der Waals surface area contributed by atoms with Crippen molar-refractivity contribution in [3.05, 3.63) is 48.0 Å². The molecule has 4 N–H and O–H groups in total. The molecule has 134 valence electrons. The van der Waals surface area contributed by atoms with Crippen molar-refractivity contribution in [2.45, 2.75) is 33.4 Å². The summed E-state index contributed by atoms with van der Waals surface area (Å²) in [5.74, 6) is 0.442. The molecule has 1 atom stereocenters. The van der Waals surface area contributed by atoms with Crippen LogP contribution in [-0.4, -0.2) is 24.2 Å². The van der Waals surface area contributed by atoms with Crippen LogP contribution >= 0.6 is 0 Å². The average Bonchev–Trinajstić information content (AvgIpc) is 2.55. The number of carbonyl (C=O) groups excluding carboxylic acids is 1. The summed E-state index contributed by atoms with van der Waals surface area (Å²) in [5, 5.41) is 13.9. The van der Waals surface area contributed by atoms with Crippen LogP contribution in [0.4, 0.5) is 0 Å². The molecular formula is C20H26N2O3. The number of nitrogens with two attached hydrogens (primary N) is 1. The van der Waals surface area contributed by atoms with Gasteiger partial charge in [-0.15, -0.1) is 0 Å². The van der Waals surface area contributed by atoms with E-state index in [2.05, 4.69) is 5.32 Å². The molecule has 2 aromatic carbocycles. The number of phenols is 1. The van der Waals surface area contributed by atoms with Gasteiger partial charge in [0, 0.05) is 23.2 Å². The largest absolute Gasteiger partial charge is 0.507 e. The maximum Gasteiger partial charge on any atom is 0.235 e. The maximum atomic E-state index is 11.7. The number of benzene rings is 2. The Hall–Kier alpha value is -2.53. The second-order valence-electron chi connectivity index (χ2n) is 7.10. The van der Waals surface area contributed by atoms with Gasteiger partial charge in [0.1, 0.15) is 11.5 Å². The lowest BCUT2D eigenvalue weighted by atomic mass is 9.86. The van der Waals surface area contributed by atoms with Crippen molar-refractivity contribution < 1.29 is 14.6 Å². The molecule has 0 bridgehead atoms. The highest BCUT2D eigenvalue weighted by Gasteiger charge is 2.29. The van der Waals surface area contributed by atoms with Crippen molar-refractivity contribution in [3.63, 3.8) is 0 Å². The molecule has 2 aromatic rings. The van der Waals surface area contributed by atoms with E-state index in [4.69, 9.17) is 10.5 Å². The third-order valence-corrected chi connectivity index (χ3v) is 4.16. The van der Waals surface area contributed by atoms with Crippen LogP contribution in [0.1, 0.15) is 26.3 Å². The number of aromatic hydroxyl groups is 1. The van der Waals surface area contributed by atoms with Gasteiger partial charge in [-0.1, -0.05) is 57.2 Å². The molecule has 0 heterocycles. The third-order valence-electron chi connectivity index (χ3n) is 4.16. The number of hydrogen-bond acceptors (Lipinski definition) is 4. The predicted molar refractivity (Wildman–Crippen MR) is 99.4 cm³/mol. The van der Waals surface area contributed by atoms with Crippen LogP contribution in [0, 0.1) is 5.41 Å². The van der Waals surface area contributed by atoms with E-state index in [0.717, 1.165) is 5.56 Å². The molecule has 5 heteroatoms. The zero-order valence-corrected chi connectivity index (χ0v) is 15.2. The summed E-state index contributed by atoms with van der Waals surface area (Å²) in [6.45, 7) is 6.17. The lowest BCUT2D eigenvalue weighted by Crippen LogP contribution is -2.49. The fourth-order valence-corrected chi connectivity index (χ4v) is 2.86. The quantitative estimate of drug-likeness (QED) is 0.753. The highest BCUT2D eigenvalue weighted by Crippen LogP contribution is 2.37. The number of methoxy groups -OCH3 is 1. The first-order valence-corrected chi connectivity index (χ1v) is 8.22. The molecule has 0 saturated heterocycles. The number of nitrogens with one attached hydrogen (secondary N) is 1. The Bertz CT molecular complexity index is 751. The van der Waals surface area contributed by atoms with E-state index < -0.39 is 11.9 Å². The van der Waals surface area contributed by atoms with Gasteiger partial charge in [0.2, 0.25) is 5.91 Å². The molecule has 0 aromatic heterocycles. The van der Waals surface area contributed by atoms with E-state index in [1.54, 1.807) is 7.11 Å². The summed E-state index contributed by atoms with van der Waals surface area (Å²) in [6, 6.07) is 12.6. The van der Waals surface area contributed by atoms with Crippen molar-refractivity contribution in [2.24, 2.45) is 11.1 Å². The fourth-order valence-electron chi connectivity index (χ4n) is 2.86. The van der Waals surface area contributed by atoms with Gasteiger partial charge >= 0.3 is 0 Å². The number of para-hydroxylation sites is 2. The van der Waals surface area contributed by atoms with Gasteiger partial charge in [-0.3, -0.25) is 4.79 Å². The van der Waals surface area contributed by atoms with Crippen molar-refractivity contribution in [3.8, 4) is 22.6 Å². The first-order valence-electron chi connectivity index (χ1n) is 8.22. The molecule has 0 saturated carbocycles. The summed E-state index contributed by atoms with van der Waals surface area (Å²) in [5.41, 5.74) is 7.37. The van der Waals surface area contributed by atoms with Gasteiger partial charge in [0.15, 0.2) is 0 Å². The number of phenolic OH excluding ortho intramolecular Hbond substituents is 1. The summed E-state index contributed by atoms with van der Waals surface area (Å²) >= 11 is 0. The summed E-state index contributed by atoms with van der Waals surface area (Å²) in [6.07, 6.45) is 0. The Morgan fingerprint density at radius 3 is 2.40 bits per heavy atom. The fraction of sp³-hybridized carbons (Fsp3) is 0.350. The minimum Gasteiger partial charge on any atom is -0.507 e. The minimum atomic E-state index is -0.498. The van der Waals surface area contributed by atoms with E-state index in [0.29, 0.717) is 23.4 Å².